The van der Waals surface area contributed by atoms with Crippen LogP contribution in [-0.4, -0.2) is 28.2 Å². The number of carbonyl (C=O) groups is 1. The fraction of sp³-hybridized carbons (Fsp3) is 0.286. The Morgan fingerprint density at radius 2 is 1.89 bits per heavy atom. The van der Waals surface area contributed by atoms with E-state index in [1.165, 1.54) is 23.9 Å². The van der Waals surface area contributed by atoms with Crippen LogP contribution >= 0.6 is 11.8 Å². The Balaban J connectivity index is 1.55. The van der Waals surface area contributed by atoms with E-state index in [1.54, 1.807) is 17.0 Å². The highest BCUT2D eigenvalue weighted by Crippen LogP contribution is 2.39. The number of para-hydroxylation sites is 1. The summed E-state index contributed by atoms with van der Waals surface area (Å²) in [6, 6.07) is 13.9. The molecule has 1 aromatic heterocycles. The molecule has 0 saturated heterocycles. The van der Waals surface area contributed by atoms with Gasteiger partial charge in [0.25, 0.3) is 0 Å². The Morgan fingerprint density at radius 1 is 1.15 bits per heavy atom. The zero-order chi connectivity index (χ0) is 18.8. The molecule has 0 bridgehead atoms. The fourth-order valence-corrected chi connectivity index (χ4v) is 3.93. The number of fused-ring (bicyclic) bond motifs is 1. The van der Waals surface area contributed by atoms with E-state index in [0.717, 1.165) is 34.6 Å². The molecule has 4 rings (SSSR count). The molecule has 6 heteroatoms. The minimum atomic E-state index is -0.309. The topological polar surface area (TPSA) is 46.1 Å². The lowest BCUT2D eigenvalue weighted by Crippen LogP contribution is -2.32. The van der Waals surface area contributed by atoms with Gasteiger partial charge in [-0.1, -0.05) is 30.0 Å². The van der Waals surface area contributed by atoms with Crippen molar-refractivity contribution < 1.29 is 9.18 Å². The Hall–Kier alpha value is -2.47. The number of rotatable bonds is 6. The van der Waals surface area contributed by atoms with Gasteiger partial charge in [0, 0.05) is 23.5 Å². The molecule has 3 aromatic rings. The van der Waals surface area contributed by atoms with Crippen molar-refractivity contribution in [1.29, 1.82) is 0 Å². The van der Waals surface area contributed by atoms with Crippen LogP contribution in [0.15, 0.2) is 53.6 Å². The van der Waals surface area contributed by atoms with Crippen LogP contribution in [0.2, 0.25) is 0 Å². The monoisotopic (exact) mass is 381 g/mol. The van der Waals surface area contributed by atoms with Crippen molar-refractivity contribution in [3.63, 3.8) is 0 Å². The number of nitrogens with zero attached hydrogens (tertiary/aromatic N) is 3. The average molecular weight is 381 g/mol. The number of hydrogen-bond acceptors (Lipinski definition) is 4. The van der Waals surface area contributed by atoms with Gasteiger partial charge in [-0.2, -0.15) is 0 Å². The normalized spacial score (nSPS) is 13.7. The summed E-state index contributed by atoms with van der Waals surface area (Å²) in [6.45, 7) is 2.44. The molecule has 1 saturated carbocycles. The van der Waals surface area contributed by atoms with E-state index < -0.39 is 0 Å². The molecule has 0 aliphatic heterocycles. The highest BCUT2D eigenvalue weighted by Gasteiger charge is 2.27. The second-order valence-electron chi connectivity index (χ2n) is 6.58. The summed E-state index contributed by atoms with van der Waals surface area (Å²) in [5.41, 5.74) is 1.63. The van der Waals surface area contributed by atoms with Crippen molar-refractivity contribution in [2.24, 2.45) is 0 Å². The van der Waals surface area contributed by atoms with Crippen LogP contribution in [0.5, 0.6) is 0 Å². The molecule has 0 atom stereocenters. The summed E-state index contributed by atoms with van der Waals surface area (Å²) in [7, 11) is 0. The summed E-state index contributed by atoms with van der Waals surface area (Å²) in [5, 5.41) is 1.83. The van der Waals surface area contributed by atoms with Gasteiger partial charge in [0.15, 0.2) is 0 Å². The lowest BCUT2D eigenvalue weighted by Gasteiger charge is -2.21. The Kier molecular flexibility index (Phi) is 5.07. The molecular weight excluding hydrogens is 361 g/mol. The van der Waals surface area contributed by atoms with E-state index in [2.05, 4.69) is 4.98 Å². The third kappa shape index (κ3) is 3.95. The van der Waals surface area contributed by atoms with Crippen molar-refractivity contribution in [3.05, 3.63) is 60.2 Å². The molecule has 138 valence electrons. The highest BCUT2D eigenvalue weighted by atomic mass is 32.2. The maximum atomic E-state index is 13.2. The van der Waals surface area contributed by atoms with Gasteiger partial charge < -0.3 is 4.90 Å². The van der Waals surface area contributed by atoms with Crippen molar-refractivity contribution in [2.45, 2.75) is 30.7 Å². The third-order valence-corrected chi connectivity index (χ3v) is 5.59. The van der Waals surface area contributed by atoms with Crippen LogP contribution in [0.25, 0.3) is 10.9 Å². The number of anilines is 1. The zero-order valence-electron chi connectivity index (χ0n) is 15.1. The number of hydrogen-bond donors (Lipinski definition) is 0. The molecule has 1 aliphatic carbocycles. The number of thioether (sulfide) groups is 1. The van der Waals surface area contributed by atoms with Gasteiger partial charge in [0.2, 0.25) is 5.91 Å². The number of benzene rings is 2. The van der Waals surface area contributed by atoms with Gasteiger partial charge in [-0.25, -0.2) is 14.4 Å². The molecule has 1 heterocycles. The molecule has 2 aromatic carbocycles. The first-order chi connectivity index (χ1) is 13.2. The lowest BCUT2D eigenvalue weighted by molar-refractivity contribution is -0.116. The molecule has 0 radical (unpaired) electrons. The largest absolute Gasteiger partial charge is 0.312 e. The second kappa shape index (κ2) is 7.64. The van der Waals surface area contributed by atoms with Crippen molar-refractivity contribution in [3.8, 4) is 0 Å². The molecule has 4 nitrogen and oxygen atoms in total. The molecule has 0 N–H and O–H groups in total. The SMILES string of the molecule is CCN(C(=O)CSc1nc(C2CC2)nc2ccccc12)c1ccc(F)cc1. The van der Waals surface area contributed by atoms with Crippen LogP contribution in [0.4, 0.5) is 10.1 Å². The highest BCUT2D eigenvalue weighted by molar-refractivity contribution is 8.00. The van der Waals surface area contributed by atoms with Gasteiger partial charge in [-0.05, 0) is 50.1 Å². The average Bonchev–Trinajstić information content (AvgIpc) is 3.53. The summed E-state index contributed by atoms with van der Waals surface area (Å²) < 4.78 is 13.2. The summed E-state index contributed by atoms with van der Waals surface area (Å²) in [5.74, 6) is 1.28. The first kappa shape index (κ1) is 17.9. The van der Waals surface area contributed by atoms with E-state index in [0.29, 0.717) is 18.2 Å². The molecular formula is C21H20FN3OS. The van der Waals surface area contributed by atoms with E-state index in [1.807, 2.05) is 31.2 Å². The lowest BCUT2D eigenvalue weighted by atomic mass is 10.2. The first-order valence-corrected chi connectivity index (χ1v) is 10.1. The van der Waals surface area contributed by atoms with Gasteiger partial charge in [-0.3, -0.25) is 4.79 Å². The molecule has 1 amide bonds. The fourth-order valence-electron chi connectivity index (χ4n) is 3.03. The first-order valence-electron chi connectivity index (χ1n) is 9.11. The maximum absolute atomic E-state index is 13.2. The number of amides is 1. The van der Waals surface area contributed by atoms with Gasteiger partial charge in [-0.15, -0.1) is 0 Å². The molecule has 0 unspecified atom stereocenters. The molecule has 0 spiro atoms. The molecule has 27 heavy (non-hydrogen) atoms. The van der Waals surface area contributed by atoms with Crippen LogP contribution in [-0.2, 0) is 4.79 Å². The van der Waals surface area contributed by atoms with E-state index in [9.17, 15) is 9.18 Å². The number of carbonyl (C=O) groups excluding carboxylic acids is 1. The summed E-state index contributed by atoms with van der Waals surface area (Å²) >= 11 is 1.44. The van der Waals surface area contributed by atoms with Crippen molar-refractivity contribution in [1.82, 2.24) is 9.97 Å². The minimum absolute atomic E-state index is 0.0234. The Labute approximate surface area is 161 Å². The predicted molar refractivity (Wildman–Crippen MR) is 107 cm³/mol. The Bertz CT molecular complexity index is 973. The van der Waals surface area contributed by atoms with Crippen LogP contribution in [0.1, 0.15) is 31.5 Å². The van der Waals surface area contributed by atoms with Crippen LogP contribution in [0.3, 0.4) is 0 Å². The van der Waals surface area contributed by atoms with Gasteiger partial charge in [0.05, 0.1) is 11.3 Å². The smallest absolute Gasteiger partial charge is 0.237 e. The van der Waals surface area contributed by atoms with Gasteiger partial charge in [0.1, 0.15) is 16.7 Å². The minimum Gasteiger partial charge on any atom is -0.312 e. The Morgan fingerprint density at radius 3 is 2.59 bits per heavy atom. The second-order valence-corrected chi connectivity index (χ2v) is 7.55. The van der Waals surface area contributed by atoms with Crippen molar-refractivity contribution >= 4 is 34.3 Å². The van der Waals surface area contributed by atoms with Crippen LogP contribution in [0, 0.1) is 5.82 Å². The van der Waals surface area contributed by atoms with Crippen molar-refractivity contribution in [2.75, 3.05) is 17.2 Å². The maximum Gasteiger partial charge on any atom is 0.237 e. The molecule has 1 fully saturated rings. The number of halogens is 1. The third-order valence-electron chi connectivity index (χ3n) is 4.62. The summed E-state index contributed by atoms with van der Waals surface area (Å²) in [4.78, 5) is 23.8. The standard InChI is InChI=1S/C21H20FN3OS/c1-2-25(16-11-9-15(22)10-12-16)19(26)13-27-21-17-5-3-4-6-18(17)23-20(24-21)14-7-8-14/h3-6,9-12,14H,2,7-8,13H2,1H3. The van der Waals surface area contributed by atoms with E-state index >= 15 is 0 Å². The summed E-state index contributed by atoms with van der Waals surface area (Å²) in [6.07, 6.45) is 2.27. The van der Waals surface area contributed by atoms with E-state index in [-0.39, 0.29) is 17.5 Å². The van der Waals surface area contributed by atoms with E-state index in [4.69, 9.17) is 4.98 Å². The quantitative estimate of drug-likeness (QED) is 0.455. The molecule has 1 aliphatic rings. The number of aromatic nitrogens is 2. The van der Waals surface area contributed by atoms with Crippen LogP contribution < -0.4 is 4.90 Å². The zero-order valence-corrected chi connectivity index (χ0v) is 15.9. The predicted octanol–water partition coefficient (Wildman–Crippen LogP) is 4.79. The van der Waals surface area contributed by atoms with Gasteiger partial charge >= 0.3 is 0 Å².